The molecule has 0 saturated heterocycles. The first-order chi connectivity index (χ1) is 8.56. The van der Waals surface area contributed by atoms with Crippen LogP contribution in [0.5, 0.6) is 5.75 Å². The van der Waals surface area contributed by atoms with E-state index in [1.807, 2.05) is 0 Å². The SMILES string of the molecule is CC(N)c1nc(COc2ccc(F)c(F)c2)no1. The van der Waals surface area contributed by atoms with Crippen LogP contribution < -0.4 is 10.5 Å². The van der Waals surface area contributed by atoms with Gasteiger partial charge in [-0.3, -0.25) is 0 Å². The maximum Gasteiger partial charge on any atom is 0.243 e. The van der Waals surface area contributed by atoms with Gasteiger partial charge < -0.3 is 15.0 Å². The minimum absolute atomic E-state index is 0.0126. The lowest BCUT2D eigenvalue weighted by atomic mass is 10.3. The number of halogens is 2. The summed E-state index contributed by atoms with van der Waals surface area (Å²) in [5, 5.41) is 3.63. The molecule has 0 fully saturated rings. The minimum atomic E-state index is -0.975. The Kier molecular flexibility index (Phi) is 3.52. The molecule has 0 amide bonds. The number of hydrogen-bond acceptors (Lipinski definition) is 5. The Labute approximate surface area is 102 Å². The standard InChI is InChI=1S/C11H11F2N3O2/c1-6(14)11-15-10(16-18-11)5-17-7-2-3-8(12)9(13)4-7/h2-4,6H,5,14H2,1H3. The van der Waals surface area contributed by atoms with Gasteiger partial charge >= 0.3 is 0 Å². The largest absolute Gasteiger partial charge is 0.485 e. The summed E-state index contributed by atoms with van der Waals surface area (Å²) in [6, 6.07) is 2.87. The number of nitrogens with zero attached hydrogens (tertiary/aromatic N) is 2. The lowest BCUT2D eigenvalue weighted by Gasteiger charge is -2.03. The van der Waals surface area contributed by atoms with Crippen LogP contribution in [-0.4, -0.2) is 10.1 Å². The highest BCUT2D eigenvalue weighted by Gasteiger charge is 2.11. The van der Waals surface area contributed by atoms with E-state index in [2.05, 4.69) is 10.1 Å². The number of ether oxygens (including phenoxy) is 1. The summed E-state index contributed by atoms with van der Waals surface area (Å²) >= 11 is 0. The molecular formula is C11H11F2N3O2. The number of nitrogens with two attached hydrogens (primary N) is 1. The zero-order valence-corrected chi connectivity index (χ0v) is 9.56. The fourth-order valence-corrected chi connectivity index (χ4v) is 1.23. The predicted molar refractivity (Wildman–Crippen MR) is 57.6 cm³/mol. The maximum absolute atomic E-state index is 12.9. The normalized spacial score (nSPS) is 12.4. The Hall–Kier alpha value is -2.02. The van der Waals surface area contributed by atoms with Gasteiger partial charge in [-0.05, 0) is 19.1 Å². The highest BCUT2D eigenvalue weighted by atomic mass is 19.2. The molecule has 0 saturated carbocycles. The summed E-state index contributed by atoms with van der Waals surface area (Å²) in [6.45, 7) is 1.69. The zero-order valence-electron chi connectivity index (χ0n) is 9.56. The number of benzene rings is 1. The quantitative estimate of drug-likeness (QED) is 0.903. The first-order valence-corrected chi connectivity index (χ1v) is 5.22. The number of hydrogen-bond donors (Lipinski definition) is 1. The van der Waals surface area contributed by atoms with E-state index in [9.17, 15) is 8.78 Å². The van der Waals surface area contributed by atoms with Crippen molar-refractivity contribution >= 4 is 0 Å². The average Bonchev–Trinajstić information content (AvgIpc) is 2.79. The van der Waals surface area contributed by atoms with E-state index in [0.717, 1.165) is 12.1 Å². The fourth-order valence-electron chi connectivity index (χ4n) is 1.23. The van der Waals surface area contributed by atoms with Crippen molar-refractivity contribution in [3.63, 3.8) is 0 Å². The third kappa shape index (κ3) is 2.80. The molecule has 1 heterocycles. The van der Waals surface area contributed by atoms with Gasteiger partial charge in [-0.2, -0.15) is 4.98 Å². The molecule has 1 atom stereocenters. The molecule has 1 unspecified atom stereocenters. The third-order valence-electron chi connectivity index (χ3n) is 2.13. The summed E-state index contributed by atoms with van der Waals surface area (Å²) in [5.41, 5.74) is 5.54. The van der Waals surface area contributed by atoms with Gasteiger partial charge in [-0.15, -0.1) is 0 Å². The summed E-state index contributed by atoms with van der Waals surface area (Å²) in [4.78, 5) is 3.97. The molecule has 7 heteroatoms. The fraction of sp³-hybridized carbons (Fsp3) is 0.273. The van der Waals surface area contributed by atoms with Gasteiger partial charge in [-0.1, -0.05) is 5.16 Å². The monoisotopic (exact) mass is 255 g/mol. The van der Waals surface area contributed by atoms with Crippen LogP contribution in [0.2, 0.25) is 0 Å². The van der Waals surface area contributed by atoms with Gasteiger partial charge in [0, 0.05) is 6.07 Å². The lowest BCUT2D eigenvalue weighted by molar-refractivity contribution is 0.282. The first kappa shape index (κ1) is 12.4. The summed E-state index contributed by atoms with van der Waals surface area (Å²) < 4.78 is 35.6. The molecule has 0 spiro atoms. The first-order valence-electron chi connectivity index (χ1n) is 5.22. The smallest absolute Gasteiger partial charge is 0.243 e. The minimum Gasteiger partial charge on any atom is -0.485 e. The molecule has 2 N–H and O–H groups in total. The molecule has 0 aliphatic carbocycles. The molecule has 5 nitrogen and oxygen atoms in total. The van der Waals surface area contributed by atoms with E-state index in [1.165, 1.54) is 6.07 Å². The van der Waals surface area contributed by atoms with E-state index < -0.39 is 11.6 Å². The van der Waals surface area contributed by atoms with Crippen LogP contribution in [0.15, 0.2) is 22.7 Å². The second-order valence-corrected chi connectivity index (χ2v) is 3.70. The predicted octanol–water partition coefficient (Wildman–Crippen LogP) is 1.95. The van der Waals surface area contributed by atoms with E-state index in [1.54, 1.807) is 6.92 Å². The van der Waals surface area contributed by atoms with Crippen LogP contribution in [0.4, 0.5) is 8.78 Å². The molecule has 0 aliphatic heterocycles. The second-order valence-electron chi connectivity index (χ2n) is 3.70. The maximum atomic E-state index is 12.9. The van der Waals surface area contributed by atoms with Crippen LogP contribution in [0.1, 0.15) is 24.7 Å². The van der Waals surface area contributed by atoms with Crippen molar-refractivity contribution in [2.45, 2.75) is 19.6 Å². The van der Waals surface area contributed by atoms with E-state index >= 15 is 0 Å². The van der Waals surface area contributed by atoms with Gasteiger partial charge in [0.25, 0.3) is 0 Å². The number of aromatic nitrogens is 2. The second kappa shape index (κ2) is 5.09. The topological polar surface area (TPSA) is 74.2 Å². The highest BCUT2D eigenvalue weighted by Crippen LogP contribution is 2.16. The van der Waals surface area contributed by atoms with Gasteiger partial charge in [0.1, 0.15) is 5.75 Å². The van der Waals surface area contributed by atoms with Crippen molar-refractivity contribution in [3.05, 3.63) is 41.5 Å². The lowest BCUT2D eigenvalue weighted by Crippen LogP contribution is -2.05. The molecule has 0 aliphatic rings. The van der Waals surface area contributed by atoms with E-state index in [4.69, 9.17) is 15.0 Å². The average molecular weight is 255 g/mol. The molecule has 0 bridgehead atoms. The van der Waals surface area contributed by atoms with E-state index in [0.29, 0.717) is 5.89 Å². The van der Waals surface area contributed by atoms with Gasteiger partial charge in [0.2, 0.25) is 11.7 Å². The van der Waals surface area contributed by atoms with Crippen LogP contribution in [0.3, 0.4) is 0 Å². The van der Waals surface area contributed by atoms with E-state index in [-0.39, 0.29) is 24.2 Å². The Morgan fingerprint density at radius 3 is 2.78 bits per heavy atom. The zero-order chi connectivity index (χ0) is 13.1. The molecule has 2 rings (SSSR count). The number of rotatable bonds is 4. The third-order valence-corrected chi connectivity index (χ3v) is 2.13. The molecule has 1 aromatic heterocycles. The Bertz CT molecular complexity index is 543. The Morgan fingerprint density at radius 1 is 1.39 bits per heavy atom. The van der Waals surface area contributed by atoms with Crippen molar-refractivity contribution in [1.29, 1.82) is 0 Å². The summed E-state index contributed by atoms with van der Waals surface area (Å²) in [7, 11) is 0. The molecule has 0 radical (unpaired) electrons. The highest BCUT2D eigenvalue weighted by molar-refractivity contribution is 5.23. The van der Waals surface area contributed by atoms with Crippen LogP contribution in [0, 0.1) is 11.6 Å². The van der Waals surface area contributed by atoms with Crippen molar-refractivity contribution < 1.29 is 18.0 Å². The van der Waals surface area contributed by atoms with Crippen molar-refractivity contribution in [3.8, 4) is 5.75 Å². The molecule has 2 aromatic rings. The van der Waals surface area contributed by atoms with Crippen LogP contribution in [-0.2, 0) is 6.61 Å². The van der Waals surface area contributed by atoms with Crippen LogP contribution in [0.25, 0.3) is 0 Å². The van der Waals surface area contributed by atoms with Gasteiger partial charge in [-0.25, -0.2) is 8.78 Å². The summed E-state index contributed by atoms with van der Waals surface area (Å²) in [6.07, 6.45) is 0. The molecule has 18 heavy (non-hydrogen) atoms. The van der Waals surface area contributed by atoms with Crippen molar-refractivity contribution in [2.75, 3.05) is 0 Å². The molecular weight excluding hydrogens is 244 g/mol. The molecule has 1 aromatic carbocycles. The summed E-state index contributed by atoms with van der Waals surface area (Å²) in [5.74, 6) is -1.15. The van der Waals surface area contributed by atoms with Crippen molar-refractivity contribution in [2.24, 2.45) is 5.73 Å². The van der Waals surface area contributed by atoms with Crippen molar-refractivity contribution in [1.82, 2.24) is 10.1 Å². The Morgan fingerprint density at radius 2 is 2.17 bits per heavy atom. The molecule has 96 valence electrons. The van der Waals surface area contributed by atoms with Gasteiger partial charge in [0.05, 0.1) is 6.04 Å². The van der Waals surface area contributed by atoms with Gasteiger partial charge in [0.15, 0.2) is 18.2 Å². The Balaban J connectivity index is 2.00. The van der Waals surface area contributed by atoms with Crippen LogP contribution >= 0.6 is 0 Å².